The van der Waals surface area contributed by atoms with Crippen molar-refractivity contribution in [2.24, 2.45) is 0 Å². The number of hydrogen-bond acceptors (Lipinski definition) is 3. The van der Waals surface area contributed by atoms with Gasteiger partial charge < -0.3 is 9.40 Å². The fourth-order valence-electron chi connectivity index (χ4n) is 5.16. The van der Waals surface area contributed by atoms with Crippen LogP contribution in [0, 0.1) is 39.8 Å². The SMILES string of the molecule is Cc1[c-]c(-c2nc3ccccc3c3oc4ccccc4c23)cc(C)c1.Cc1cc(C)nc(-c2[c-]cccc2)c1.[Ir]. The van der Waals surface area contributed by atoms with Crippen molar-refractivity contribution in [3.63, 3.8) is 0 Å². The van der Waals surface area contributed by atoms with E-state index in [0.717, 1.165) is 66.6 Å². The van der Waals surface area contributed by atoms with Gasteiger partial charge in [-0.1, -0.05) is 55.8 Å². The third-order valence-electron chi connectivity index (χ3n) is 6.70. The van der Waals surface area contributed by atoms with Gasteiger partial charge in [-0.05, 0) is 43.8 Å². The van der Waals surface area contributed by atoms with Crippen LogP contribution in [0.3, 0.4) is 0 Å². The smallest absolute Gasteiger partial charge is 0.137 e. The second kappa shape index (κ2) is 11.6. The van der Waals surface area contributed by atoms with Gasteiger partial charge in [-0.3, -0.25) is 4.98 Å². The topological polar surface area (TPSA) is 38.9 Å². The molecule has 0 N–H and O–H groups in total. The fraction of sp³-hybridized carbons (Fsp3) is 0.111. The summed E-state index contributed by atoms with van der Waals surface area (Å²) >= 11 is 0. The zero-order valence-corrected chi connectivity index (χ0v) is 25.3. The minimum atomic E-state index is 0. The Labute approximate surface area is 248 Å². The van der Waals surface area contributed by atoms with Crippen molar-refractivity contribution < 1.29 is 24.5 Å². The van der Waals surface area contributed by atoms with Gasteiger partial charge in [0.15, 0.2) is 0 Å². The fourth-order valence-corrected chi connectivity index (χ4v) is 5.16. The molecule has 0 aliphatic rings. The van der Waals surface area contributed by atoms with Crippen LogP contribution >= 0.6 is 0 Å². The molecule has 0 bridgehead atoms. The molecule has 4 aromatic carbocycles. The zero-order chi connectivity index (χ0) is 26.9. The molecule has 0 saturated carbocycles. The Kier molecular flexibility index (Phi) is 7.93. The first-order valence-corrected chi connectivity index (χ1v) is 13.1. The summed E-state index contributed by atoms with van der Waals surface area (Å²) in [5.74, 6) is 0. The molecule has 0 aliphatic carbocycles. The summed E-state index contributed by atoms with van der Waals surface area (Å²) in [5.41, 5.74) is 11.4. The number of hydrogen-bond donors (Lipinski definition) is 0. The van der Waals surface area contributed by atoms with E-state index in [2.05, 4.69) is 74.3 Å². The van der Waals surface area contributed by atoms with E-state index in [-0.39, 0.29) is 20.1 Å². The Morgan fingerprint density at radius 3 is 2.15 bits per heavy atom. The van der Waals surface area contributed by atoms with Crippen LogP contribution in [-0.4, -0.2) is 9.97 Å². The van der Waals surface area contributed by atoms with Crippen molar-refractivity contribution >= 4 is 32.8 Å². The van der Waals surface area contributed by atoms with Crippen LogP contribution in [0.4, 0.5) is 0 Å². The molecule has 0 atom stereocenters. The molecule has 3 aromatic heterocycles. The molecule has 40 heavy (non-hydrogen) atoms. The van der Waals surface area contributed by atoms with Crippen molar-refractivity contribution in [2.75, 3.05) is 0 Å². The average Bonchev–Trinajstić information content (AvgIpc) is 3.32. The van der Waals surface area contributed by atoms with Crippen LogP contribution in [0.5, 0.6) is 0 Å². The van der Waals surface area contributed by atoms with Crippen LogP contribution in [0.15, 0.2) is 101 Å². The van der Waals surface area contributed by atoms with E-state index >= 15 is 0 Å². The number of pyridine rings is 2. The van der Waals surface area contributed by atoms with Gasteiger partial charge in [0, 0.05) is 47.7 Å². The average molecular weight is 697 g/mol. The molecule has 0 fully saturated rings. The second-order valence-electron chi connectivity index (χ2n) is 9.98. The summed E-state index contributed by atoms with van der Waals surface area (Å²) in [7, 11) is 0. The Morgan fingerprint density at radius 1 is 0.675 bits per heavy atom. The molecule has 7 rings (SSSR count). The Balaban J connectivity index is 0.000000184. The standard InChI is InChI=1S/C23H16NO.C13H12N.Ir/c1-14-11-15(2)13-16(12-14)22-21-18-8-4-6-10-20(18)25-23(21)17-7-3-5-9-19(17)24-22;1-10-8-11(2)14-13(9-10)12-6-4-3-5-7-12;/h3-12H,1-2H3;3-6,8-9H,1-2H3;/q2*-1;. The number of aryl methyl sites for hydroxylation is 4. The van der Waals surface area contributed by atoms with Crippen molar-refractivity contribution in [1.29, 1.82) is 0 Å². The van der Waals surface area contributed by atoms with E-state index in [1.54, 1.807) is 0 Å². The molecule has 7 aromatic rings. The molecule has 0 spiro atoms. The van der Waals surface area contributed by atoms with E-state index < -0.39 is 0 Å². The van der Waals surface area contributed by atoms with Gasteiger partial charge in [-0.25, -0.2) is 0 Å². The maximum Gasteiger partial charge on any atom is 0.137 e. The Morgan fingerprint density at radius 2 is 1.40 bits per heavy atom. The molecular weight excluding hydrogens is 669 g/mol. The van der Waals surface area contributed by atoms with E-state index in [9.17, 15) is 0 Å². The first-order chi connectivity index (χ1) is 19.0. The maximum atomic E-state index is 6.23. The molecular formula is C36H28IrN2O-2. The van der Waals surface area contributed by atoms with Gasteiger partial charge in [-0.15, -0.1) is 70.8 Å². The third kappa shape index (κ3) is 5.47. The van der Waals surface area contributed by atoms with Crippen molar-refractivity contribution in [3.05, 3.63) is 132 Å². The van der Waals surface area contributed by atoms with Gasteiger partial charge >= 0.3 is 0 Å². The molecule has 0 amide bonds. The van der Waals surface area contributed by atoms with Gasteiger partial charge in [0.25, 0.3) is 0 Å². The maximum absolute atomic E-state index is 6.23. The van der Waals surface area contributed by atoms with E-state index in [1.807, 2.05) is 67.6 Å². The monoisotopic (exact) mass is 697 g/mol. The van der Waals surface area contributed by atoms with Crippen molar-refractivity contribution in [3.8, 4) is 22.5 Å². The van der Waals surface area contributed by atoms with E-state index in [1.165, 1.54) is 11.1 Å². The number of aromatic nitrogens is 2. The molecule has 0 aliphatic heterocycles. The predicted octanol–water partition coefficient (Wildman–Crippen LogP) is 9.38. The van der Waals surface area contributed by atoms with Crippen LogP contribution in [0.2, 0.25) is 0 Å². The first-order valence-electron chi connectivity index (χ1n) is 13.1. The third-order valence-corrected chi connectivity index (χ3v) is 6.70. The molecule has 3 nitrogen and oxygen atoms in total. The first kappa shape index (κ1) is 27.5. The van der Waals surface area contributed by atoms with Gasteiger partial charge in [0.1, 0.15) is 11.2 Å². The number of fused-ring (bicyclic) bond motifs is 5. The quantitative estimate of drug-likeness (QED) is 0.169. The Hall–Kier alpha value is -4.11. The minimum Gasteiger partial charge on any atom is -0.456 e. The summed E-state index contributed by atoms with van der Waals surface area (Å²) < 4.78 is 6.23. The largest absolute Gasteiger partial charge is 0.456 e. The van der Waals surface area contributed by atoms with Crippen LogP contribution in [0.1, 0.15) is 22.4 Å². The summed E-state index contributed by atoms with van der Waals surface area (Å²) in [6.45, 7) is 8.28. The van der Waals surface area contributed by atoms with Crippen molar-refractivity contribution in [2.45, 2.75) is 27.7 Å². The normalized spacial score (nSPS) is 10.8. The number of para-hydroxylation sites is 2. The van der Waals surface area contributed by atoms with Crippen LogP contribution in [-0.2, 0) is 20.1 Å². The van der Waals surface area contributed by atoms with E-state index in [4.69, 9.17) is 9.40 Å². The van der Waals surface area contributed by atoms with Crippen LogP contribution < -0.4 is 0 Å². The molecule has 4 heteroatoms. The Bertz CT molecular complexity index is 1920. The summed E-state index contributed by atoms with van der Waals surface area (Å²) in [6, 6.07) is 39.3. The van der Waals surface area contributed by atoms with E-state index in [0.29, 0.717) is 0 Å². The second-order valence-corrected chi connectivity index (χ2v) is 9.98. The molecule has 0 saturated heterocycles. The number of benzene rings is 4. The van der Waals surface area contributed by atoms with Gasteiger partial charge in [0.05, 0.1) is 5.52 Å². The van der Waals surface area contributed by atoms with Gasteiger partial charge in [-0.2, -0.15) is 0 Å². The molecule has 0 unspecified atom stereocenters. The molecule has 3 heterocycles. The zero-order valence-electron chi connectivity index (χ0n) is 22.9. The number of nitrogens with zero attached hydrogens (tertiary/aromatic N) is 2. The summed E-state index contributed by atoms with van der Waals surface area (Å²) in [6.07, 6.45) is 0. The molecule has 1 radical (unpaired) electrons. The number of furan rings is 1. The number of rotatable bonds is 2. The minimum absolute atomic E-state index is 0. The summed E-state index contributed by atoms with van der Waals surface area (Å²) in [4.78, 5) is 9.46. The predicted molar refractivity (Wildman–Crippen MR) is 161 cm³/mol. The summed E-state index contributed by atoms with van der Waals surface area (Å²) in [5, 5.41) is 3.20. The molecule has 199 valence electrons. The van der Waals surface area contributed by atoms with Crippen molar-refractivity contribution in [1.82, 2.24) is 9.97 Å². The van der Waals surface area contributed by atoms with Gasteiger partial charge in [0.2, 0.25) is 0 Å². The van der Waals surface area contributed by atoms with Crippen LogP contribution in [0.25, 0.3) is 55.4 Å².